The molecule has 0 spiro atoms. The molecule has 0 aliphatic carbocycles. The van der Waals surface area contributed by atoms with E-state index in [1.54, 1.807) is 25.1 Å². The van der Waals surface area contributed by atoms with E-state index >= 15 is 0 Å². The summed E-state index contributed by atoms with van der Waals surface area (Å²) in [6.45, 7) is 1.77. The molecule has 0 aliphatic rings. The van der Waals surface area contributed by atoms with E-state index in [0.29, 0.717) is 0 Å². The number of aromatic carboxylic acids is 1. The molecular weight excluding hydrogens is 234 g/mol. The predicted octanol–water partition coefficient (Wildman–Crippen LogP) is 1.85. The Bertz CT molecular complexity index is 540. The zero-order chi connectivity index (χ0) is 13.5. The topological polar surface area (TPSA) is 87.4 Å². The van der Waals surface area contributed by atoms with Crippen molar-refractivity contribution >= 4 is 18.0 Å². The average Bonchev–Trinajstić information content (AvgIpc) is 2.36. The molecule has 5 heteroatoms. The fraction of sp³-hybridized carbons (Fsp3) is 0.154. The lowest BCUT2D eigenvalue weighted by molar-refractivity contribution is -0.137. The number of carbonyl (C=O) groups is 2. The van der Waals surface area contributed by atoms with Crippen molar-refractivity contribution in [2.45, 2.75) is 6.92 Å². The fourth-order valence-corrected chi connectivity index (χ4v) is 1.32. The van der Waals surface area contributed by atoms with Gasteiger partial charge in [-0.3, -0.25) is 0 Å². The minimum absolute atomic E-state index is 0.0227. The van der Waals surface area contributed by atoms with Crippen molar-refractivity contribution in [3.8, 4) is 6.07 Å². The quantitative estimate of drug-likeness (QED) is 0.497. The second-order valence-corrected chi connectivity index (χ2v) is 3.28. The third kappa shape index (κ3) is 3.19. The van der Waals surface area contributed by atoms with Crippen molar-refractivity contribution in [3.05, 3.63) is 41.0 Å². The molecule has 0 fully saturated rings. The fourth-order valence-electron chi connectivity index (χ4n) is 1.32. The summed E-state index contributed by atoms with van der Waals surface area (Å²) in [7, 11) is 0. The number of nitrogens with zero attached hydrogens (tertiary/aromatic N) is 1. The van der Waals surface area contributed by atoms with Gasteiger partial charge in [-0.25, -0.2) is 9.59 Å². The zero-order valence-electron chi connectivity index (χ0n) is 9.71. The first-order valence-corrected chi connectivity index (χ1v) is 5.21. The molecular formula is C13H11NO4. The van der Waals surface area contributed by atoms with Gasteiger partial charge in [0.2, 0.25) is 0 Å². The minimum atomic E-state index is -1.12. The number of hydrogen-bond acceptors (Lipinski definition) is 4. The summed E-state index contributed by atoms with van der Waals surface area (Å²) in [5.41, 5.74) is 0.0784. The van der Waals surface area contributed by atoms with E-state index < -0.39 is 11.9 Å². The Labute approximate surface area is 104 Å². The highest BCUT2D eigenvalue weighted by Gasteiger charge is 2.13. The first kappa shape index (κ1) is 13.5. The zero-order valence-corrected chi connectivity index (χ0v) is 9.71. The van der Waals surface area contributed by atoms with Crippen molar-refractivity contribution in [1.29, 1.82) is 5.26 Å². The van der Waals surface area contributed by atoms with Crippen LogP contribution in [0, 0.1) is 11.3 Å². The summed E-state index contributed by atoms with van der Waals surface area (Å²) in [6.07, 6.45) is 1.21. The minimum Gasteiger partial charge on any atom is -0.478 e. The number of esters is 1. The number of carboxylic acids is 1. The summed E-state index contributed by atoms with van der Waals surface area (Å²) in [5, 5.41) is 17.8. The van der Waals surface area contributed by atoms with Crippen LogP contribution in [-0.2, 0) is 9.53 Å². The Kier molecular flexibility index (Phi) is 4.64. The Morgan fingerprint density at radius 2 is 2.11 bits per heavy atom. The lowest BCUT2D eigenvalue weighted by Gasteiger charge is -2.02. The van der Waals surface area contributed by atoms with E-state index in [1.807, 2.05) is 0 Å². The van der Waals surface area contributed by atoms with E-state index in [-0.39, 0.29) is 23.3 Å². The smallest absolute Gasteiger partial charge is 0.348 e. The molecule has 0 amide bonds. The largest absolute Gasteiger partial charge is 0.478 e. The van der Waals surface area contributed by atoms with Crippen molar-refractivity contribution in [3.63, 3.8) is 0 Å². The van der Waals surface area contributed by atoms with E-state index in [4.69, 9.17) is 15.1 Å². The molecule has 1 rings (SSSR count). The van der Waals surface area contributed by atoms with E-state index in [9.17, 15) is 9.59 Å². The Morgan fingerprint density at radius 3 is 2.67 bits per heavy atom. The molecule has 0 saturated carbocycles. The van der Waals surface area contributed by atoms with E-state index in [1.165, 1.54) is 18.2 Å². The van der Waals surface area contributed by atoms with Crippen LogP contribution >= 0.6 is 0 Å². The predicted molar refractivity (Wildman–Crippen MR) is 63.6 cm³/mol. The molecule has 1 aromatic carbocycles. The Hall–Kier alpha value is -2.61. The standard InChI is InChI=1S/C13H11NO4/c1-2-18-13(17)10(8-14)7-9-5-3-4-6-11(9)12(15)16/h3-7H,2H2,1H3,(H,15,16)/b10-7-. The molecule has 92 valence electrons. The number of hydrogen-bond donors (Lipinski definition) is 1. The molecule has 1 aromatic rings. The molecule has 0 heterocycles. The Morgan fingerprint density at radius 1 is 1.44 bits per heavy atom. The third-order valence-electron chi connectivity index (χ3n) is 2.11. The van der Waals surface area contributed by atoms with Crippen molar-refractivity contribution in [2.75, 3.05) is 6.61 Å². The van der Waals surface area contributed by atoms with Gasteiger partial charge >= 0.3 is 11.9 Å². The van der Waals surface area contributed by atoms with Crippen molar-refractivity contribution < 1.29 is 19.4 Å². The molecule has 0 aliphatic heterocycles. The van der Waals surface area contributed by atoms with Crippen LogP contribution in [0.1, 0.15) is 22.8 Å². The van der Waals surface area contributed by atoms with Gasteiger partial charge in [0.15, 0.2) is 0 Å². The lowest BCUT2D eigenvalue weighted by atomic mass is 10.1. The van der Waals surface area contributed by atoms with Gasteiger partial charge in [-0.2, -0.15) is 5.26 Å². The van der Waals surface area contributed by atoms with Gasteiger partial charge in [-0.05, 0) is 24.6 Å². The number of rotatable bonds is 4. The highest BCUT2D eigenvalue weighted by Crippen LogP contribution is 2.13. The van der Waals surface area contributed by atoms with Gasteiger partial charge in [0.25, 0.3) is 0 Å². The average molecular weight is 245 g/mol. The van der Waals surface area contributed by atoms with Gasteiger partial charge in [0, 0.05) is 0 Å². The van der Waals surface area contributed by atoms with E-state index in [0.717, 1.165) is 0 Å². The number of nitriles is 1. The second-order valence-electron chi connectivity index (χ2n) is 3.28. The lowest BCUT2D eigenvalue weighted by Crippen LogP contribution is -2.07. The van der Waals surface area contributed by atoms with Gasteiger partial charge in [-0.15, -0.1) is 0 Å². The van der Waals surface area contributed by atoms with Crippen LogP contribution in [-0.4, -0.2) is 23.7 Å². The maximum Gasteiger partial charge on any atom is 0.348 e. The summed E-state index contributed by atoms with van der Waals surface area (Å²) >= 11 is 0. The number of benzene rings is 1. The van der Waals surface area contributed by atoms with Crippen LogP contribution in [0.15, 0.2) is 29.8 Å². The normalized spacial score (nSPS) is 10.6. The van der Waals surface area contributed by atoms with Gasteiger partial charge in [0.05, 0.1) is 12.2 Å². The first-order chi connectivity index (χ1) is 8.60. The SMILES string of the molecule is CCOC(=O)/C(C#N)=C\c1ccccc1C(=O)O. The monoisotopic (exact) mass is 245 g/mol. The third-order valence-corrected chi connectivity index (χ3v) is 2.11. The summed E-state index contributed by atoms with van der Waals surface area (Å²) in [5.74, 6) is -1.89. The molecule has 1 N–H and O–H groups in total. The molecule has 0 aromatic heterocycles. The number of ether oxygens (including phenoxy) is 1. The summed E-state index contributed by atoms with van der Waals surface area (Å²) in [6, 6.07) is 7.80. The Balaban J connectivity index is 3.18. The summed E-state index contributed by atoms with van der Waals surface area (Å²) < 4.78 is 4.69. The molecule has 18 heavy (non-hydrogen) atoms. The highest BCUT2D eigenvalue weighted by molar-refractivity contribution is 6.00. The second kappa shape index (κ2) is 6.21. The van der Waals surface area contributed by atoms with Gasteiger partial charge < -0.3 is 9.84 Å². The summed E-state index contributed by atoms with van der Waals surface area (Å²) in [4.78, 5) is 22.4. The van der Waals surface area contributed by atoms with Crippen molar-refractivity contribution in [1.82, 2.24) is 0 Å². The highest BCUT2D eigenvalue weighted by atomic mass is 16.5. The number of carbonyl (C=O) groups excluding carboxylic acids is 1. The van der Waals surface area contributed by atoms with Crippen LogP contribution in [0.25, 0.3) is 6.08 Å². The van der Waals surface area contributed by atoms with E-state index in [2.05, 4.69) is 0 Å². The van der Waals surface area contributed by atoms with Gasteiger partial charge in [0.1, 0.15) is 11.6 Å². The van der Waals surface area contributed by atoms with Crippen LogP contribution in [0.5, 0.6) is 0 Å². The first-order valence-electron chi connectivity index (χ1n) is 5.21. The maximum absolute atomic E-state index is 11.4. The maximum atomic E-state index is 11.4. The number of carboxylic acid groups (broad SMARTS) is 1. The molecule has 5 nitrogen and oxygen atoms in total. The van der Waals surface area contributed by atoms with Gasteiger partial charge in [-0.1, -0.05) is 18.2 Å². The molecule has 0 atom stereocenters. The van der Waals surface area contributed by atoms with Crippen LogP contribution in [0.3, 0.4) is 0 Å². The molecule has 0 bridgehead atoms. The molecule has 0 unspecified atom stereocenters. The molecule has 0 saturated heterocycles. The van der Waals surface area contributed by atoms with Crippen LogP contribution in [0.4, 0.5) is 0 Å². The van der Waals surface area contributed by atoms with Crippen LogP contribution < -0.4 is 0 Å². The van der Waals surface area contributed by atoms with Crippen molar-refractivity contribution in [2.24, 2.45) is 0 Å². The molecule has 0 radical (unpaired) electrons. The van der Waals surface area contributed by atoms with Crippen LogP contribution in [0.2, 0.25) is 0 Å².